The molecular formula is C11H21. The highest BCUT2D eigenvalue weighted by molar-refractivity contribution is 4.99. The zero-order chi connectivity index (χ0) is 8.10. The minimum Gasteiger partial charge on any atom is -0.0654 e. The van der Waals surface area contributed by atoms with Gasteiger partial charge in [-0.1, -0.05) is 46.0 Å². The molecule has 0 nitrogen and oxygen atoms in total. The molecule has 1 unspecified atom stereocenters. The molecule has 0 aliphatic heterocycles. The second kappa shape index (κ2) is 4.79. The molecule has 65 valence electrons. The Morgan fingerprint density at radius 2 is 1.82 bits per heavy atom. The van der Waals surface area contributed by atoms with Crippen molar-refractivity contribution in [3.8, 4) is 0 Å². The average Bonchev–Trinajstić information content (AvgIpc) is 2.52. The Hall–Kier alpha value is 0. The Kier molecular flexibility index (Phi) is 3.96. The van der Waals surface area contributed by atoms with Crippen LogP contribution in [0.2, 0.25) is 0 Å². The van der Waals surface area contributed by atoms with Gasteiger partial charge in [0.05, 0.1) is 0 Å². The molecule has 1 aliphatic carbocycles. The fourth-order valence-electron chi connectivity index (χ4n) is 2.28. The summed E-state index contributed by atoms with van der Waals surface area (Å²) < 4.78 is 0. The van der Waals surface area contributed by atoms with Crippen LogP contribution in [-0.4, -0.2) is 0 Å². The van der Waals surface area contributed by atoms with Gasteiger partial charge in [-0.15, -0.1) is 0 Å². The predicted octanol–water partition coefficient (Wildman–Crippen LogP) is 3.96. The third-order valence-corrected chi connectivity index (χ3v) is 2.95. The van der Waals surface area contributed by atoms with Gasteiger partial charge in [-0.3, -0.25) is 0 Å². The van der Waals surface area contributed by atoms with Crippen molar-refractivity contribution in [3.63, 3.8) is 0 Å². The van der Waals surface area contributed by atoms with Crippen molar-refractivity contribution in [1.29, 1.82) is 0 Å². The van der Waals surface area contributed by atoms with Crippen molar-refractivity contribution < 1.29 is 0 Å². The van der Waals surface area contributed by atoms with E-state index >= 15 is 0 Å². The Balaban J connectivity index is 2.27. The molecular weight excluding hydrogens is 132 g/mol. The third kappa shape index (κ3) is 2.50. The standard InChI is InChI=1S/C11H21/c1-3-7-10(4-2)11-8-5-6-9-11/h10H,3-9H2,1-2H3. The molecule has 0 spiro atoms. The SMILES string of the molecule is CCCC(CC)[C]1CCCC1. The molecule has 1 rings (SSSR count). The second-order valence-corrected chi connectivity index (χ2v) is 3.76. The van der Waals surface area contributed by atoms with Crippen molar-refractivity contribution in [3.05, 3.63) is 5.92 Å². The minimum atomic E-state index is 0.975. The molecule has 0 amide bonds. The quantitative estimate of drug-likeness (QED) is 0.573. The van der Waals surface area contributed by atoms with E-state index in [1.165, 1.54) is 44.9 Å². The van der Waals surface area contributed by atoms with Gasteiger partial charge in [0.1, 0.15) is 0 Å². The van der Waals surface area contributed by atoms with Crippen molar-refractivity contribution in [2.75, 3.05) is 0 Å². The van der Waals surface area contributed by atoms with Crippen molar-refractivity contribution in [1.82, 2.24) is 0 Å². The van der Waals surface area contributed by atoms with E-state index in [9.17, 15) is 0 Å². The van der Waals surface area contributed by atoms with Crippen LogP contribution in [0.1, 0.15) is 58.8 Å². The summed E-state index contributed by atoms with van der Waals surface area (Å²) in [5.41, 5.74) is 0. The van der Waals surface area contributed by atoms with Gasteiger partial charge in [0, 0.05) is 0 Å². The normalized spacial score (nSPS) is 22.4. The fourth-order valence-corrected chi connectivity index (χ4v) is 2.28. The zero-order valence-corrected chi connectivity index (χ0v) is 8.03. The zero-order valence-electron chi connectivity index (χ0n) is 8.03. The van der Waals surface area contributed by atoms with Crippen LogP contribution < -0.4 is 0 Å². The lowest BCUT2D eigenvalue weighted by Gasteiger charge is -2.20. The third-order valence-electron chi connectivity index (χ3n) is 2.95. The Bertz CT molecular complexity index is 90.2. The van der Waals surface area contributed by atoms with Crippen LogP contribution in [0.15, 0.2) is 0 Å². The lowest BCUT2D eigenvalue weighted by atomic mass is 9.85. The monoisotopic (exact) mass is 153 g/mol. The van der Waals surface area contributed by atoms with Gasteiger partial charge < -0.3 is 0 Å². The topological polar surface area (TPSA) is 0 Å². The minimum absolute atomic E-state index is 0.975. The Labute approximate surface area is 71.4 Å². The highest BCUT2D eigenvalue weighted by atomic mass is 14.3. The molecule has 1 saturated carbocycles. The summed E-state index contributed by atoms with van der Waals surface area (Å²) in [4.78, 5) is 0. The van der Waals surface area contributed by atoms with Gasteiger partial charge >= 0.3 is 0 Å². The summed E-state index contributed by atoms with van der Waals surface area (Å²) in [6.45, 7) is 4.64. The van der Waals surface area contributed by atoms with Gasteiger partial charge in [0.25, 0.3) is 0 Å². The van der Waals surface area contributed by atoms with Crippen LogP contribution in [0.3, 0.4) is 0 Å². The molecule has 0 bridgehead atoms. The average molecular weight is 153 g/mol. The molecule has 0 heteroatoms. The summed E-state index contributed by atoms with van der Waals surface area (Å²) in [6, 6.07) is 0. The highest BCUT2D eigenvalue weighted by Gasteiger charge is 2.22. The first-order valence-electron chi connectivity index (χ1n) is 5.23. The van der Waals surface area contributed by atoms with E-state index in [2.05, 4.69) is 13.8 Å². The summed E-state index contributed by atoms with van der Waals surface area (Å²) in [6.07, 6.45) is 10.00. The van der Waals surface area contributed by atoms with E-state index < -0.39 is 0 Å². The lowest BCUT2D eigenvalue weighted by Crippen LogP contribution is -2.07. The van der Waals surface area contributed by atoms with Crippen LogP contribution >= 0.6 is 0 Å². The van der Waals surface area contributed by atoms with Crippen molar-refractivity contribution >= 4 is 0 Å². The maximum Gasteiger partial charge on any atom is -0.0210 e. The molecule has 1 radical (unpaired) electrons. The van der Waals surface area contributed by atoms with Crippen LogP contribution in [0, 0.1) is 11.8 Å². The largest absolute Gasteiger partial charge is 0.0654 e. The van der Waals surface area contributed by atoms with Crippen LogP contribution in [0.25, 0.3) is 0 Å². The molecule has 1 fully saturated rings. The van der Waals surface area contributed by atoms with E-state index in [1.54, 1.807) is 0 Å². The molecule has 1 aliphatic rings. The van der Waals surface area contributed by atoms with Gasteiger partial charge in [0.2, 0.25) is 0 Å². The first-order valence-corrected chi connectivity index (χ1v) is 5.23. The van der Waals surface area contributed by atoms with Crippen LogP contribution in [0.4, 0.5) is 0 Å². The van der Waals surface area contributed by atoms with E-state index in [-0.39, 0.29) is 0 Å². The molecule has 0 aromatic heterocycles. The van der Waals surface area contributed by atoms with E-state index in [0.29, 0.717) is 0 Å². The first kappa shape index (κ1) is 9.09. The highest BCUT2D eigenvalue weighted by Crippen LogP contribution is 2.37. The van der Waals surface area contributed by atoms with E-state index in [1.807, 2.05) is 5.92 Å². The van der Waals surface area contributed by atoms with Crippen LogP contribution in [-0.2, 0) is 0 Å². The maximum absolute atomic E-state index is 2.34. The predicted molar refractivity (Wildman–Crippen MR) is 50.4 cm³/mol. The summed E-state index contributed by atoms with van der Waals surface area (Å²) >= 11 is 0. The summed E-state index contributed by atoms with van der Waals surface area (Å²) in [7, 11) is 0. The number of hydrogen-bond donors (Lipinski definition) is 0. The lowest BCUT2D eigenvalue weighted by molar-refractivity contribution is 0.460. The molecule has 0 aromatic carbocycles. The van der Waals surface area contributed by atoms with Crippen LogP contribution in [0.5, 0.6) is 0 Å². The molecule has 0 N–H and O–H groups in total. The smallest absolute Gasteiger partial charge is 0.0210 e. The van der Waals surface area contributed by atoms with Crippen molar-refractivity contribution in [2.24, 2.45) is 5.92 Å². The van der Waals surface area contributed by atoms with E-state index in [4.69, 9.17) is 0 Å². The van der Waals surface area contributed by atoms with Gasteiger partial charge in [0.15, 0.2) is 0 Å². The fraction of sp³-hybridized carbons (Fsp3) is 0.909. The van der Waals surface area contributed by atoms with Gasteiger partial charge in [-0.05, 0) is 24.7 Å². The molecule has 1 atom stereocenters. The molecule has 0 saturated heterocycles. The van der Waals surface area contributed by atoms with Gasteiger partial charge in [-0.2, -0.15) is 0 Å². The Morgan fingerprint density at radius 1 is 1.18 bits per heavy atom. The number of hydrogen-bond acceptors (Lipinski definition) is 0. The Morgan fingerprint density at radius 3 is 2.27 bits per heavy atom. The molecule has 0 aromatic rings. The maximum atomic E-state index is 2.34. The molecule has 11 heavy (non-hydrogen) atoms. The van der Waals surface area contributed by atoms with Gasteiger partial charge in [-0.25, -0.2) is 0 Å². The second-order valence-electron chi connectivity index (χ2n) is 3.76. The van der Waals surface area contributed by atoms with E-state index in [0.717, 1.165) is 5.92 Å². The molecule has 0 heterocycles. The first-order chi connectivity index (χ1) is 5.38. The summed E-state index contributed by atoms with van der Waals surface area (Å²) in [5, 5.41) is 0. The number of rotatable bonds is 4. The summed E-state index contributed by atoms with van der Waals surface area (Å²) in [5.74, 6) is 2.86. The van der Waals surface area contributed by atoms with Crippen molar-refractivity contribution in [2.45, 2.75) is 58.8 Å².